The molecule has 0 unspecified atom stereocenters. The lowest BCUT2D eigenvalue weighted by Gasteiger charge is -1.88. The van der Waals surface area contributed by atoms with Crippen molar-refractivity contribution in [2.45, 2.75) is 6.54 Å². The van der Waals surface area contributed by atoms with E-state index in [4.69, 9.17) is 8.83 Å². The number of hydrogen-bond acceptors (Lipinski definition) is 4. The average Bonchev–Trinajstić information content (AvgIpc) is 3.07. The Bertz CT molecular complexity index is 952. The third kappa shape index (κ3) is 1.03. The quantitative estimate of drug-likeness (QED) is 0.396. The van der Waals surface area contributed by atoms with Crippen LogP contribution in [0, 0.1) is 0 Å². The van der Waals surface area contributed by atoms with E-state index < -0.39 is 0 Å². The van der Waals surface area contributed by atoms with E-state index in [1.54, 1.807) is 12.4 Å². The van der Waals surface area contributed by atoms with Gasteiger partial charge in [0.2, 0.25) is 0 Å². The highest BCUT2D eigenvalue weighted by Crippen LogP contribution is 2.34. The third-order valence-corrected chi connectivity index (χ3v) is 3.55. The van der Waals surface area contributed by atoms with Crippen LogP contribution in [0.4, 0.5) is 0 Å². The zero-order chi connectivity index (χ0) is 12.4. The minimum atomic E-state index is 0.708. The van der Waals surface area contributed by atoms with Gasteiger partial charge in [-0.15, -0.1) is 4.57 Å². The van der Waals surface area contributed by atoms with E-state index in [9.17, 15) is 0 Å². The van der Waals surface area contributed by atoms with Crippen LogP contribution in [0.25, 0.3) is 33.9 Å². The van der Waals surface area contributed by atoms with Crippen molar-refractivity contribution < 1.29 is 13.4 Å². The Labute approximate surface area is 107 Å². The van der Waals surface area contributed by atoms with Gasteiger partial charge in [0.05, 0.1) is 0 Å². The molecule has 5 heterocycles. The molecule has 1 aliphatic heterocycles. The zero-order valence-corrected chi connectivity index (χ0v) is 9.83. The van der Waals surface area contributed by atoms with Gasteiger partial charge in [-0.25, -0.2) is 4.98 Å². The minimum Gasteiger partial charge on any atom is -0.400 e. The Hall–Kier alpha value is -2.69. The SMILES string of the molecule is c1cnc2c(c1)oc1c2oc2[n+]1Cc1ccncc1-2. The van der Waals surface area contributed by atoms with E-state index in [-0.39, 0.29) is 0 Å². The summed E-state index contributed by atoms with van der Waals surface area (Å²) in [6.45, 7) is 0.750. The molecule has 5 heteroatoms. The molecular formula is C14H8N3O2+. The van der Waals surface area contributed by atoms with E-state index in [0.29, 0.717) is 5.58 Å². The number of aromatic nitrogens is 3. The Kier molecular flexibility index (Phi) is 1.46. The largest absolute Gasteiger partial charge is 0.423 e. The highest BCUT2D eigenvalue weighted by Gasteiger charge is 2.37. The number of oxazole rings is 1. The summed E-state index contributed by atoms with van der Waals surface area (Å²) in [5.74, 6) is 0.796. The molecule has 90 valence electrons. The molecule has 4 aromatic heterocycles. The first kappa shape index (κ1) is 9.27. The topological polar surface area (TPSA) is 55.9 Å². The zero-order valence-electron chi connectivity index (χ0n) is 9.83. The van der Waals surface area contributed by atoms with Crippen molar-refractivity contribution in [3.63, 3.8) is 0 Å². The Balaban J connectivity index is 1.93. The van der Waals surface area contributed by atoms with Gasteiger partial charge in [-0.1, -0.05) is 0 Å². The molecule has 0 radical (unpaired) electrons. The van der Waals surface area contributed by atoms with Crippen LogP contribution in [0.2, 0.25) is 0 Å². The molecule has 1 aliphatic rings. The van der Waals surface area contributed by atoms with E-state index in [1.807, 2.05) is 29.0 Å². The molecule has 0 spiro atoms. The summed E-state index contributed by atoms with van der Waals surface area (Å²) >= 11 is 0. The maximum atomic E-state index is 5.96. The van der Waals surface area contributed by atoms with Crippen molar-refractivity contribution >= 4 is 22.4 Å². The van der Waals surface area contributed by atoms with Crippen LogP contribution in [0.5, 0.6) is 0 Å². The molecular weight excluding hydrogens is 242 g/mol. The second kappa shape index (κ2) is 3.00. The van der Waals surface area contributed by atoms with Crippen LogP contribution in [0.15, 0.2) is 45.6 Å². The van der Waals surface area contributed by atoms with Crippen molar-refractivity contribution in [1.82, 2.24) is 9.97 Å². The number of fused-ring (bicyclic) bond motifs is 7. The summed E-state index contributed by atoms with van der Waals surface area (Å²) in [4.78, 5) is 8.47. The van der Waals surface area contributed by atoms with Gasteiger partial charge in [-0.3, -0.25) is 4.98 Å². The highest BCUT2D eigenvalue weighted by atomic mass is 16.4. The maximum Gasteiger partial charge on any atom is 0.423 e. The van der Waals surface area contributed by atoms with Crippen molar-refractivity contribution in [3.05, 3.63) is 42.4 Å². The number of rotatable bonds is 0. The standard InChI is InChI=1S/C14H8N3O2/c1-2-10-11(16-4-1)12-14(18-10)17-7-8-3-5-15-6-9(8)13(17)19-12/h1-6H,7H2/q+1. The smallest absolute Gasteiger partial charge is 0.400 e. The molecule has 0 bridgehead atoms. The molecule has 0 N–H and O–H groups in total. The fourth-order valence-electron chi connectivity index (χ4n) is 2.68. The first-order valence-corrected chi connectivity index (χ1v) is 6.05. The Morgan fingerprint density at radius 1 is 1.16 bits per heavy atom. The molecule has 0 atom stereocenters. The van der Waals surface area contributed by atoms with Crippen LogP contribution >= 0.6 is 0 Å². The van der Waals surface area contributed by atoms with E-state index in [1.165, 1.54) is 5.56 Å². The van der Waals surface area contributed by atoms with Crippen LogP contribution in [0.3, 0.4) is 0 Å². The lowest BCUT2D eigenvalue weighted by molar-refractivity contribution is -0.655. The van der Waals surface area contributed by atoms with Crippen LogP contribution in [-0.2, 0) is 6.54 Å². The fraction of sp³-hybridized carbons (Fsp3) is 0.0714. The molecule has 19 heavy (non-hydrogen) atoms. The summed E-state index contributed by atoms with van der Waals surface area (Å²) in [5, 5.41) is 0. The Morgan fingerprint density at radius 2 is 2.16 bits per heavy atom. The second-order valence-electron chi connectivity index (χ2n) is 4.61. The lowest BCUT2D eigenvalue weighted by atomic mass is 10.2. The number of nitrogens with zero attached hydrogens (tertiary/aromatic N) is 3. The summed E-state index contributed by atoms with van der Waals surface area (Å²) in [6, 6.07) is 5.76. The maximum absolute atomic E-state index is 5.96. The van der Waals surface area contributed by atoms with Gasteiger partial charge in [-0.2, -0.15) is 0 Å². The van der Waals surface area contributed by atoms with E-state index in [0.717, 1.165) is 34.8 Å². The minimum absolute atomic E-state index is 0.708. The third-order valence-electron chi connectivity index (χ3n) is 3.55. The van der Waals surface area contributed by atoms with Crippen molar-refractivity contribution in [3.8, 4) is 11.5 Å². The number of pyridine rings is 2. The molecule has 0 aromatic carbocycles. The predicted molar refractivity (Wildman–Crippen MR) is 66.3 cm³/mol. The van der Waals surface area contributed by atoms with E-state index in [2.05, 4.69) is 9.97 Å². The van der Waals surface area contributed by atoms with Gasteiger partial charge in [0.1, 0.15) is 5.56 Å². The normalized spacial score (nSPS) is 13.1. The summed E-state index contributed by atoms with van der Waals surface area (Å²) in [5.41, 5.74) is 5.19. The highest BCUT2D eigenvalue weighted by molar-refractivity contribution is 5.96. The first-order valence-electron chi connectivity index (χ1n) is 6.05. The second-order valence-corrected chi connectivity index (χ2v) is 4.61. The predicted octanol–water partition coefficient (Wildman–Crippen LogP) is 2.29. The van der Waals surface area contributed by atoms with E-state index >= 15 is 0 Å². The molecule has 5 nitrogen and oxygen atoms in total. The van der Waals surface area contributed by atoms with Gasteiger partial charge in [0.15, 0.2) is 17.6 Å². The van der Waals surface area contributed by atoms with Crippen LogP contribution in [-0.4, -0.2) is 9.97 Å². The van der Waals surface area contributed by atoms with Gasteiger partial charge in [-0.05, 0) is 18.2 Å². The number of furan rings is 1. The molecule has 0 saturated heterocycles. The lowest BCUT2D eigenvalue weighted by Crippen LogP contribution is -2.30. The number of hydrogen-bond donors (Lipinski definition) is 0. The van der Waals surface area contributed by atoms with Gasteiger partial charge in [0, 0.05) is 24.2 Å². The Morgan fingerprint density at radius 3 is 3.16 bits per heavy atom. The van der Waals surface area contributed by atoms with Gasteiger partial charge in [0.25, 0.3) is 5.58 Å². The van der Waals surface area contributed by atoms with Crippen molar-refractivity contribution in [2.24, 2.45) is 0 Å². The average molecular weight is 250 g/mol. The fourth-order valence-corrected chi connectivity index (χ4v) is 2.68. The summed E-state index contributed by atoms with van der Waals surface area (Å²) < 4.78 is 13.8. The van der Waals surface area contributed by atoms with Crippen LogP contribution < -0.4 is 4.57 Å². The first-order chi connectivity index (χ1) is 9.42. The van der Waals surface area contributed by atoms with Gasteiger partial charge < -0.3 is 8.83 Å². The van der Waals surface area contributed by atoms with Crippen molar-refractivity contribution in [2.75, 3.05) is 0 Å². The van der Waals surface area contributed by atoms with Crippen molar-refractivity contribution in [1.29, 1.82) is 0 Å². The molecule has 4 aromatic rings. The monoisotopic (exact) mass is 250 g/mol. The van der Waals surface area contributed by atoms with Crippen LogP contribution in [0.1, 0.15) is 5.56 Å². The van der Waals surface area contributed by atoms with Gasteiger partial charge >= 0.3 is 11.6 Å². The molecule has 5 rings (SSSR count). The summed E-state index contributed by atoms with van der Waals surface area (Å²) in [6.07, 6.45) is 5.36. The molecule has 0 amide bonds. The molecule has 0 saturated carbocycles. The molecule has 0 fully saturated rings. The molecule has 0 aliphatic carbocycles. The summed E-state index contributed by atoms with van der Waals surface area (Å²) in [7, 11) is 0.